The van der Waals surface area contributed by atoms with Crippen LogP contribution in [0.15, 0.2) is 59.1 Å². The third-order valence-corrected chi connectivity index (χ3v) is 7.01. The van der Waals surface area contributed by atoms with Crippen LogP contribution in [0, 0.1) is 6.92 Å². The Hall–Kier alpha value is -3.05. The van der Waals surface area contributed by atoms with E-state index in [9.17, 15) is 9.59 Å². The summed E-state index contributed by atoms with van der Waals surface area (Å²) in [6.45, 7) is 2.38. The SMILES string of the molecule is COc1cc(C2C3=C(CCCC3=O)OC3=C2C(=O)CCC3)cc(Cl)c1OCc1ccc(C)cc1. The lowest BCUT2D eigenvalue weighted by Crippen LogP contribution is -2.30. The minimum absolute atomic E-state index is 0.0333. The lowest BCUT2D eigenvalue weighted by Gasteiger charge is -2.36. The Morgan fingerprint density at radius 1 is 0.941 bits per heavy atom. The van der Waals surface area contributed by atoms with Crippen LogP contribution >= 0.6 is 11.6 Å². The summed E-state index contributed by atoms with van der Waals surface area (Å²) in [4.78, 5) is 26.0. The molecule has 2 aliphatic carbocycles. The van der Waals surface area contributed by atoms with Gasteiger partial charge in [-0.2, -0.15) is 0 Å². The molecule has 176 valence electrons. The van der Waals surface area contributed by atoms with E-state index >= 15 is 0 Å². The molecule has 0 unspecified atom stereocenters. The second-order valence-electron chi connectivity index (χ2n) is 9.07. The molecule has 0 amide bonds. The van der Waals surface area contributed by atoms with Gasteiger partial charge in [0.05, 0.1) is 12.1 Å². The van der Waals surface area contributed by atoms with E-state index in [-0.39, 0.29) is 11.6 Å². The highest BCUT2D eigenvalue weighted by atomic mass is 35.5. The van der Waals surface area contributed by atoms with Gasteiger partial charge >= 0.3 is 0 Å². The Morgan fingerprint density at radius 2 is 1.56 bits per heavy atom. The van der Waals surface area contributed by atoms with Crippen LogP contribution < -0.4 is 9.47 Å². The van der Waals surface area contributed by atoms with Crippen molar-refractivity contribution in [1.82, 2.24) is 0 Å². The number of benzene rings is 2. The van der Waals surface area contributed by atoms with Gasteiger partial charge in [0.15, 0.2) is 23.1 Å². The van der Waals surface area contributed by atoms with E-state index in [0.29, 0.717) is 71.5 Å². The summed E-state index contributed by atoms with van der Waals surface area (Å²) in [5.74, 6) is 1.88. The number of halogens is 1. The molecule has 0 fully saturated rings. The van der Waals surface area contributed by atoms with E-state index in [0.717, 1.165) is 24.0 Å². The number of hydrogen-bond donors (Lipinski definition) is 0. The van der Waals surface area contributed by atoms with Crippen molar-refractivity contribution in [2.24, 2.45) is 0 Å². The van der Waals surface area contributed by atoms with Gasteiger partial charge in [-0.25, -0.2) is 0 Å². The molecule has 1 heterocycles. The van der Waals surface area contributed by atoms with Crippen molar-refractivity contribution in [3.8, 4) is 11.5 Å². The molecular weight excluding hydrogens is 452 g/mol. The first-order valence-electron chi connectivity index (χ1n) is 11.7. The molecule has 2 aromatic carbocycles. The summed E-state index contributed by atoms with van der Waals surface area (Å²) in [5.41, 5.74) is 4.12. The van der Waals surface area contributed by atoms with Gasteiger partial charge in [0.1, 0.15) is 18.1 Å². The van der Waals surface area contributed by atoms with Crippen LogP contribution in [0.1, 0.15) is 61.1 Å². The fourth-order valence-electron chi connectivity index (χ4n) is 5.04. The highest BCUT2D eigenvalue weighted by Gasteiger charge is 2.42. The first-order valence-corrected chi connectivity index (χ1v) is 12.1. The highest BCUT2D eigenvalue weighted by molar-refractivity contribution is 6.32. The largest absolute Gasteiger partial charge is 0.493 e. The zero-order valence-electron chi connectivity index (χ0n) is 19.4. The van der Waals surface area contributed by atoms with Crippen LogP contribution in [0.5, 0.6) is 11.5 Å². The maximum Gasteiger partial charge on any atom is 0.180 e. The standard InChI is InChI=1S/C28H27ClO5/c1-16-9-11-17(12-10-16)15-33-28-19(29)13-18(14-24(28)32-2)25-26-20(30)5-3-7-22(26)34-23-8-4-6-21(31)27(23)25/h9-14,25H,3-8,15H2,1-2H3. The lowest BCUT2D eigenvalue weighted by molar-refractivity contribution is -0.117. The Kier molecular flexibility index (Phi) is 6.22. The Morgan fingerprint density at radius 3 is 2.15 bits per heavy atom. The zero-order chi connectivity index (χ0) is 23.8. The molecule has 34 heavy (non-hydrogen) atoms. The maximum atomic E-state index is 13.0. The maximum absolute atomic E-state index is 13.0. The first-order chi connectivity index (χ1) is 16.5. The molecule has 1 aliphatic heterocycles. The Labute approximate surface area is 204 Å². The second kappa shape index (κ2) is 9.30. The molecule has 5 nitrogen and oxygen atoms in total. The number of aryl methyl sites for hydroxylation is 1. The summed E-state index contributed by atoms with van der Waals surface area (Å²) < 4.78 is 17.8. The number of allylic oxidation sites excluding steroid dienone is 4. The zero-order valence-corrected chi connectivity index (χ0v) is 20.2. The molecule has 0 saturated carbocycles. The number of carbonyl (C=O) groups is 2. The number of ketones is 2. The fraction of sp³-hybridized carbons (Fsp3) is 0.357. The fourth-order valence-corrected chi connectivity index (χ4v) is 5.31. The quantitative estimate of drug-likeness (QED) is 0.500. The van der Waals surface area contributed by atoms with Gasteiger partial charge in [0, 0.05) is 42.7 Å². The minimum Gasteiger partial charge on any atom is -0.493 e. The van der Waals surface area contributed by atoms with Crippen LogP contribution in [0.25, 0.3) is 0 Å². The molecule has 6 heteroatoms. The van der Waals surface area contributed by atoms with E-state index < -0.39 is 5.92 Å². The molecule has 0 spiro atoms. The van der Waals surface area contributed by atoms with Gasteiger partial charge in [-0.1, -0.05) is 41.4 Å². The number of rotatable bonds is 5. The number of carbonyl (C=O) groups excluding carboxylic acids is 2. The molecule has 3 aliphatic rings. The molecule has 2 aromatic rings. The van der Waals surface area contributed by atoms with Crippen molar-refractivity contribution in [2.45, 2.75) is 58.0 Å². The molecule has 0 N–H and O–H groups in total. The minimum atomic E-state index is -0.489. The highest BCUT2D eigenvalue weighted by Crippen LogP contribution is 2.50. The van der Waals surface area contributed by atoms with Crippen LogP contribution in [0.3, 0.4) is 0 Å². The van der Waals surface area contributed by atoms with E-state index in [1.807, 2.05) is 37.3 Å². The summed E-state index contributed by atoms with van der Waals surface area (Å²) in [6, 6.07) is 11.7. The summed E-state index contributed by atoms with van der Waals surface area (Å²) in [6.07, 6.45) is 3.83. The number of hydrogen-bond acceptors (Lipinski definition) is 5. The molecule has 0 aromatic heterocycles. The van der Waals surface area contributed by atoms with Crippen molar-refractivity contribution in [1.29, 1.82) is 0 Å². The average Bonchev–Trinajstić information content (AvgIpc) is 2.83. The van der Waals surface area contributed by atoms with Crippen LogP contribution in [0.4, 0.5) is 0 Å². The summed E-state index contributed by atoms with van der Waals surface area (Å²) >= 11 is 6.71. The molecule has 5 rings (SSSR count). The Balaban J connectivity index is 1.55. The van der Waals surface area contributed by atoms with Crippen LogP contribution in [-0.4, -0.2) is 18.7 Å². The molecule has 0 saturated heterocycles. The monoisotopic (exact) mass is 478 g/mol. The van der Waals surface area contributed by atoms with Crippen molar-refractivity contribution in [3.63, 3.8) is 0 Å². The van der Waals surface area contributed by atoms with E-state index in [1.54, 1.807) is 13.2 Å². The average molecular weight is 479 g/mol. The number of methoxy groups -OCH3 is 1. The van der Waals surface area contributed by atoms with Gasteiger partial charge < -0.3 is 14.2 Å². The molecule has 0 atom stereocenters. The van der Waals surface area contributed by atoms with Gasteiger partial charge in [-0.15, -0.1) is 0 Å². The summed E-state index contributed by atoms with van der Waals surface area (Å²) in [7, 11) is 1.56. The predicted octanol–water partition coefficient (Wildman–Crippen LogP) is 6.36. The van der Waals surface area contributed by atoms with Crippen molar-refractivity contribution < 1.29 is 23.8 Å². The smallest absolute Gasteiger partial charge is 0.180 e. The van der Waals surface area contributed by atoms with Crippen molar-refractivity contribution >= 4 is 23.2 Å². The Bertz CT molecular complexity index is 1180. The van der Waals surface area contributed by atoms with Crippen molar-refractivity contribution in [3.05, 3.63) is 80.8 Å². The van der Waals surface area contributed by atoms with Gasteiger partial charge in [0.2, 0.25) is 0 Å². The summed E-state index contributed by atoms with van der Waals surface area (Å²) in [5, 5.41) is 0.378. The predicted molar refractivity (Wildman–Crippen MR) is 129 cm³/mol. The van der Waals surface area contributed by atoms with Gasteiger partial charge in [-0.05, 0) is 43.0 Å². The van der Waals surface area contributed by atoms with Gasteiger partial charge in [0.25, 0.3) is 0 Å². The number of ether oxygens (including phenoxy) is 3. The topological polar surface area (TPSA) is 61.8 Å². The van der Waals surface area contributed by atoms with E-state index in [1.165, 1.54) is 5.56 Å². The first kappa shape index (κ1) is 22.7. The second-order valence-corrected chi connectivity index (χ2v) is 9.48. The van der Waals surface area contributed by atoms with E-state index in [4.69, 9.17) is 25.8 Å². The third-order valence-electron chi connectivity index (χ3n) is 6.73. The normalized spacial score (nSPS) is 18.4. The lowest BCUT2D eigenvalue weighted by atomic mass is 9.73. The molecule has 0 bridgehead atoms. The van der Waals surface area contributed by atoms with Crippen LogP contribution in [0.2, 0.25) is 5.02 Å². The van der Waals surface area contributed by atoms with Gasteiger partial charge in [-0.3, -0.25) is 9.59 Å². The number of Topliss-reactive ketones (excluding diaryl/α,β-unsaturated/α-hetero) is 2. The van der Waals surface area contributed by atoms with Crippen molar-refractivity contribution in [2.75, 3.05) is 7.11 Å². The molecule has 0 radical (unpaired) electrons. The van der Waals surface area contributed by atoms with Crippen LogP contribution in [-0.2, 0) is 20.9 Å². The third kappa shape index (κ3) is 4.14. The van der Waals surface area contributed by atoms with E-state index in [2.05, 4.69) is 0 Å². The molecular formula is C28H27ClO5.